The van der Waals surface area contributed by atoms with Crippen LogP contribution in [0, 0.1) is 0 Å². The molecule has 5 nitrogen and oxygen atoms in total. The summed E-state index contributed by atoms with van der Waals surface area (Å²) in [5.74, 6) is 0. The highest BCUT2D eigenvalue weighted by Crippen LogP contribution is 2.19. The Morgan fingerprint density at radius 3 is 3.33 bits per heavy atom. The fraction of sp³-hybridized carbons (Fsp3) is 0. The van der Waals surface area contributed by atoms with Crippen LogP contribution in [0.15, 0.2) is 16.7 Å². The zero-order valence-corrected chi connectivity index (χ0v) is 9.73. The molecule has 0 unspecified atom stereocenters. The van der Waals surface area contributed by atoms with E-state index >= 15 is 0 Å². The van der Waals surface area contributed by atoms with E-state index in [2.05, 4.69) is 27.7 Å². The van der Waals surface area contributed by atoms with E-state index < -0.39 is 0 Å². The van der Waals surface area contributed by atoms with Gasteiger partial charge in [-0.1, -0.05) is 11.6 Å². The van der Waals surface area contributed by atoms with Crippen LogP contribution in [-0.2, 0) is 0 Å². The first kappa shape index (κ1) is 10.3. The lowest BCUT2D eigenvalue weighted by Gasteiger charge is -1.93. The minimum atomic E-state index is 0.105. The first-order chi connectivity index (χ1) is 7.18. The van der Waals surface area contributed by atoms with Gasteiger partial charge in [0, 0.05) is 11.6 Å². The van der Waals surface area contributed by atoms with Crippen molar-refractivity contribution in [3.63, 3.8) is 0 Å². The summed E-state index contributed by atoms with van der Waals surface area (Å²) in [4.78, 5) is 4.95. The van der Waals surface area contributed by atoms with Gasteiger partial charge in [0.1, 0.15) is 5.69 Å². The number of nitrogens with two attached hydrogens (primary N) is 1. The summed E-state index contributed by atoms with van der Waals surface area (Å²) >= 11 is 12.0. The Hall–Kier alpha value is -1.18. The van der Waals surface area contributed by atoms with Gasteiger partial charge in [-0.05, 0) is 12.2 Å². The number of imidazole rings is 1. The SMILES string of the molecule is NC(=S)N/N=C/c1c(Cl)nc2sccn12. The first-order valence-corrected chi connectivity index (χ1v) is 5.54. The minimum absolute atomic E-state index is 0.105. The number of nitrogens with zero attached hydrogens (tertiary/aromatic N) is 3. The Balaban J connectivity index is 2.33. The highest BCUT2D eigenvalue weighted by atomic mass is 35.5. The Morgan fingerprint density at radius 2 is 2.60 bits per heavy atom. The van der Waals surface area contributed by atoms with Crippen LogP contribution in [0.1, 0.15) is 5.69 Å². The zero-order chi connectivity index (χ0) is 10.8. The predicted octanol–water partition coefficient (Wildman–Crippen LogP) is 1.22. The minimum Gasteiger partial charge on any atom is -0.375 e. The molecule has 0 aliphatic carbocycles. The standard InChI is InChI=1S/C7H6ClN5S2/c8-5-4(3-10-12-6(9)14)13-1-2-15-7(13)11-5/h1-3H,(H3,9,12,14)/b10-3+. The van der Waals surface area contributed by atoms with Gasteiger partial charge in [-0.2, -0.15) is 5.10 Å². The summed E-state index contributed by atoms with van der Waals surface area (Å²) < 4.78 is 1.83. The number of hydrogen-bond donors (Lipinski definition) is 2. The molecule has 0 saturated carbocycles. The van der Waals surface area contributed by atoms with Gasteiger partial charge in [0.25, 0.3) is 0 Å². The molecule has 3 N–H and O–H groups in total. The van der Waals surface area contributed by atoms with Gasteiger partial charge in [0.2, 0.25) is 0 Å². The largest absolute Gasteiger partial charge is 0.375 e. The second kappa shape index (κ2) is 4.13. The van der Waals surface area contributed by atoms with Crippen molar-refractivity contribution in [1.29, 1.82) is 0 Å². The maximum absolute atomic E-state index is 5.92. The van der Waals surface area contributed by atoms with Crippen LogP contribution in [0.25, 0.3) is 4.96 Å². The zero-order valence-electron chi connectivity index (χ0n) is 7.35. The summed E-state index contributed by atoms with van der Waals surface area (Å²) in [6.07, 6.45) is 3.38. The van der Waals surface area contributed by atoms with Crippen LogP contribution >= 0.6 is 35.2 Å². The summed E-state index contributed by atoms with van der Waals surface area (Å²) in [6.45, 7) is 0. The molecule has 2 aromatic heterocycles. The van der Waals surface area contributed by atoms with Crippen LogP contribution in [0.2, 0.25) is 5.15 Å². The van der Waals surface area contributed by atoms with E-state index in [9.17, 15) is 0 Å². The van der Waals surface area contributed by atoms with Gasteiger partial charge >= 0.3 is 0 Å². The molecule has 0 bridgehead atoms. The number of thiocarbonyl (C=S) groups is 1. The van der Waals surface area contributed by atoms with Crippen molar-refractivity contribution >= 4 is 51.4 Å². The third-order valence-corrected chi connectivity index (χ3v) is 2.74. The molecule has 0 saturated heterocycles. The van der Waals surface area contributed by atoms with Gasteiger partial charge in [0.05, 0.1) is 6.21 Å². The number of nitrogens with one attached hydrogen (secondary N) is 1. The van der Waals surface area contributed by atoms with Crippen LogP contribution < -0.4 is 11.2 Å². The van der Waals surface area contributed by atoms with E-state index in [4.69, 9.17) is 17.3 Å². The molecule has 2 aromatic rings. The van der Waals surface area contributed by atoms with Crippen molar-refractivity contribution in [1.82, 2.24) is 14.8 Å². The van der Waals surface area contributed by atoms with E-state index in [1.54, 1.807) is 0 Å². The lowest BCUT2D eigenvalue weighted by Crippen LogP contribution is -2.24. The van der Waals surface area contributed by atoms with Crippen LogP contribution in [-0.4, -0.2) is 20.7 Å². The number of halogens is 1. The molecule has 0 amide bonds. The van der Waals surface area contributed by atoms with Crippen molar-refractivity contribution in [2.45, 2.75) is 0 Å². The summed E-state index contributed by atoms with van der Waals surface area (Å²) in [7, 11) is 0. The van der Waals surface area contributed by atoms with Gasteiger partial charge in [-0.25, -0.2) is 4.98 Å². The lowest BCUT2D eigenvalue weighted by molar-refractivity contribution is 1.04. The maximum atomic E-state index is 5.92. The molecule has 0 radical (unpaired) electrons. The van der Waals surface area contributed by atoms with Gasteiger partial charge < -0.3 is 5.73 Å². The number of hydrazone groups is 1. The molecule has 2 heterocycles. The number of fused-ring (bicyclic) bond motifs is 1. The molecule has 78 valence electrons. The highest BCUT2D eigenvalue weighted by Gasteiger charge is 2.08. The van der Waals surface area contributed by atoms with E-state index in [-0.39, 0.29) is 5.11 Å². The smallest absolute Gasteiger partial charge is 0.195 e. The summed E-state index contributed by atoms with van der Waals surface area (Å²) in [5, 5.41) is 6.24. The summed E-state index contributed by atoms with van der Waals surface area (Å²) in [5.41, 5.74) is 8.36. The topological polar surface area (TPSA) is 67.7 Å². The van der Waals surface area contributed by atoms with E-state index in [0.717, 1.165) is 4.96 Å². The van der Waals surface area contributed by atoms with E-state index in [0.29, 0.717) is 10.8 Å². The monoisotopic (exact) mass is 259 g/mol. The van der Waals surface area contributed by atoms with Crippen molar-refractivity contribution in [3.8, 4) is 0 Å². The molecular weight excluding hydrogens is 254 g/mol. The second-order valence-corrected chi connectivity index (χ2v) is 4.25. The average molecular weight is 260 g/mol. The predicted molar refractivity (Wildman–Crippen MR) is 65.6 cm³/mol. The fourth-order valence-electron chi connectivity index (χ4n) is 1.05. The normalized spacial score (nSPS) is 11.3. The van der Waals surface area contributed by atoms with Gasteiger partial charge in [-0.15, -0.1) is 11.3 Å². The maximum Gasteiger partial charge on any atom is 0.195 e. The van der Waals surface area contributed by atoms with E-state index in [1.807, 2.05) is 16.0 Å². The molecular formula is C7H6ClN5S2. The number of aromatic nitrogens is 2. The Morgan fingerprint density at radius 1 is 1.80 bits per heavy atom. The number of hydrogen-bond acceptors (Lipinski definition) is 4. The quantitative estimate of drug-likeness (QED) is 0.483. The van der Waals surface area contributed by atoms with Gasteiger partial charge in [0.15, 0.2) is 15.2 Å². The molecule has 0 aliphatic heterocycles. The number of rotatable bonds is 2. The van der Waals surface area contributed by atoms with Crippen molar-refractivity contribution in [2.75, 3.05) is 0 Å². The third kappa shape index (κ3) is 2.09. The van der Waals surface area contributed by atoms with Crippen LogP contribution in [0.4, 0.5) is 0 Å². The van der Waals surface area contributed by atoms with Crippen LogP contribution in [0.3, 0.4) is 0 Å². The lowest BCUT2D eigenvalue weighted by atomic mass is 10.5. The van der Waals surface area contributed by atoms with Crippen LogP contribution in [0.5, 0.6) is 0 Å². The Labute approximate surface area is 99.6 Å². The second-order valence-electron chi connectivity index (χ2n) is 2.58. The van der Waals surface area contributed by atoms with Crippen molar-refractivity contribution in [2.24, 2.45) is 10.8 Å². The van der Waals surface area contributed by atoms with Crippen molar-refractivity contribution in [3.05, 3.63) is 22.4 Å². The first-order valence-electron chi connectivity index (χ1n) is 3.88. The molecule has 0 fully saturated rings. The average Bonchev–Trinajstić information content (AvgIpc) is 2.68. The fourth-order valence-corrected chi connectivity index (χ4v) is 2.09. The molecule has 2 rings (SSSR count). The van der Waals surface area contributed by atoms with E-state index in [1.165, 1.54) is 17.6 Å². The molecule has 15 heavy (non-hydrogen) atoms. The molecule has 0 aromatic carbocycles. The Bertz CT molecular complexity index is 528. The molecule has 8 heteroatoms. The molecule has 0 aliphatic rings. The summed E-state index contributed by atoms with van der Waals surface area (Å²) in [6, 6.07) is 0. The van der Waals surface area contributed by atoms with Crippen molar-refractivity contribution < 1.29 is 0 Å². The highest BCUT2D eigenvalue weighted by molar-refractivity contribution is 7.80. The third-order valence-electron chi connectivity index (χ3n) is 1.62. The molecule has 0 atom stereocenters. The Kier molecular flexibility index (Phi) is 2.85. The molecule has 0 spiro atoms. The van der Waals surface area contributed by atoms with Gasteiger partial charge in [-0.3, -0.25) is 9.83 Å². The number of thiazole rings is 1.